The van der Waals surface area contributed by atoms with E-state index in [9.17, 15) is 4.79 Å². The van der Waals surface area contributed by atoms with Crippen LogP contribution in [0.25, 0.3) is 10.9 Å². The van der Waals surface area contributed by atoms with Crippen molar-refractivity contribution in [3.05, 3.63) is 29.3 Å². The number of halogens is 2. The minimum absolute atomic E-state index is 0.0294. The zero-order valence-electron chi connectivity index (χ0n) is 23.4. The maximum atomic E-state index is 15.3. The Hall–Kier alpha value is -2.72. The van der Waals surface area contributed by atoms with Gasteiger partial charge in [0.1, 0.15) is 23.5 Å². The molecule has 0 N–H and O–H groups in total. The van der Waals surface area contributed by atoms with Crippen LogP contribution >= 0.6 is 11.6 Å². The fourth-order valence-electron chi connectivity index (χ4n) is 7.52. The van der Waals surface area contributed by atoms with Crippen LogP contribution < -0.4 is 9.64 Å². The number of fused-ring (bicyclic) bond motifs is 4. The molecule has 6 heterocycles. The lowest BCUT2D eigenvalue weighted by Gasteiger charge is -2.42. The summed E-state index contributed by atoms with van der Waals surface area (Å²) in [5.41, 5.74) is 1.06. The van der Waals surface area contributed by atoms with Crippen molar-refractivity contribution < 1.29 is 18.7 Å². The number of amides is 1. The number of carbonyl (C=O) groups is 1. The second kappa shape index (κ2) is 8.89. The van der Waals surface area contributed by atoms with Gasteiger partial charge in [0, 0.05) is 32.4 Å². The molecule has 2 aromatic heterocycles. The van der Waals surface area contributed by atoms with Gasteiger partial charge in [0.15, 0.2) is 11.0 Å². The van der Waals surface area contributed by atoms with Crippen LogP contribution in [0, 0.1) is 11.2 Å². The van der Waals surface area contributed by atoms with Gasteiger partial charge in [-0.1, -0.05) is 23.8 Å². The molecule has 1 saturated carbocycles. The third-order valence-electron chi connectivity index (χ3n) is 9.31. The number of aromatic nitrogens is 3. The number of hydrogen-bond donors (Lipinski definition) is 0. The highest BCUT2D eigenvalue weighted by molar-refractivity contribution is 6.30. The fourth-order valence-corrected chi connectivity index (χ4v) is 7.66. The maximum Gasteiger partial charge on any atom is 0.410 e. The average molecular weight is 571 g/mol. The normalized spacial score (nSPS) is 29.0. The van der Waals surface area contributed by atoms with Crippen molar-refractivity contribution in [3.63, 3.8) is 0 Å². The molecule has 1 unspecified atom stereocenters. The first-order chi connectivity index (χ1) is 18.9. The molecule has 214 valence electrons. The van der Waals surface area contributed by atoms with E-state index in [0.717, 1.165) is 38.8 Å². The number of nitrogens with zero attached hydrogens (tertiary/aromatic N) is 6. The summed E-state index contributed by atoms with van der Waals surface area (Å²) >= 11 is 6.07. The van der Waals surface area contributed by atoms with Gasteiger partial charge in [-0.3, -0.25) is 9.80 Å². The summed E-state index contributed by atoms with van der Waals surface area (Å²) in [4.78, 5) is 32.9. The van der Waals surface area contributed by atoms with Gasteiger partial charge in [-0.2, -0.15) is 9.97 Å². The Morgan fingerprint density at radius 1 is 1.23 bits per heavy atom. The summed E-state index contributed by atoms with van der Waals surface area (Å²) < 4.78 is 27.3. The molecule has 40 heavy (non-hydrogen) atoms. The fraction of sp³-hybridized carbons (Fsp3) is 0.655. The van der Waals surface area contributed by atoms with Crippen molar-refractivity contribution in [3.8, 4) is 6.01 Å². The summed E-state index contributed by atoms with van der Waals surface area (Å²) in [5, 5.41) is 0.243. The number of ether oxygens (including phenoxy) is 2. The lowest BCUT2D eigenvalue weighted by Crippen LogP contribution is -2.57. The number of piperazine rings is 1. The van der Waals surface area contributed by atoms with Crippen LogP contribution in [0.4, 0.5) is 15.0 Å². The van der Waals surface area contributed by atoms with E-state index >= 15 is 4.39 Å². The van der Waals surface area contributed by atoms with Crippen LogP contribution in [-0.2, 0) is 4.74 Å². The molecular formula is C29H36ClFN6O3. The van der Waals surface area contributed by atoms with Crippen molar-refractivity contribution in [2.45, 2.75) is 82.5 Å². The van der Waals surface area contributed by atoms with Crippen LogP contribution in [0.2, 0.25) is 5.15 Å². The van der Waals surface area contributed by atoms with Gasteiger partial charge in [0.2, 0.25) is 0 Å². The van der Waals surface area contributed by atoms with Crippen molar-refractivity contribution in [2.24, 2.45) is 5.41 Å². The van der Waals surface area contributed by atoms with E-state index in [1.807, 2.05) is 25.7 Å². The Balaban J connectivity index is 1.18. The smallest absolute Gasteiger partial charge is 0.410 e. The topological polar surface area (TPSA) is 83.9 Å². The molecule has 3 atom stereocenters. The van der Waals surface area contributed by atoms with E-state index in [1.165, 1.54) is 24.6 Å². The Morgan fingerprint density at radius 2 is 1.95 bits per heavy atom. The van der Waals surface area contributed by atoms with Crippen molar-refractivity contribution >= 4 is 34.4 Å². The number of carbonyl (C=O) groups excluding carboxylic acids is 1. The Morgan fingerprint density at radius 3 is 2.62 bits per heavy atom. The standard InChI is InChI=1S/C29H36ClFN6O3/c1-17-9-29(14-28(7-8-28)15-36(29)11-17)16-39-25-33-22-20(10-32-23(30)21(22)31)24(34-25)35-12-18-5-6-19(13-35)37(18)26(38)40-27(2,3)4/h10,18-19H,1,5-9,11-16H2,2-4H3/t18-,19+,29?. The Bertz CT molecular complexity index is 1400. The molecule has 1 aliphatic carbocycles. The third-order valence-corrected chi connectivity index (χ3v) is 9.57. The first-order valence-corrected chi connectivity index (χ1v) is 14.6. The van der Waals surface area contributed by atoms with Crippen molar-refractivity contribution in [1.82, 2.24) is 24.8 Å². The second-order valence-electron chi connectivity index (χ2n) is 13.6. The first-order valence-electron chi connectivity index (χ1n) is 14.3. The number of anilines is 1. The zero-order chi connectivity index (χ0) is 28.0. The molecule has 1 spiro atoms. The molecular weight excluding hydrogens is 535 g/mol. The van der Waals surface area contributed by atoms with Gasteiger partial charge in [0.25, 0.3) is 0 Å². The summed E-state index contributed by atoms with van der Waals surface area (Å²) in [6.45, 7) is 13.4. The van der Waals surface area contributed by atoms with E-state index < -0.39 is 11.4 Å². The zero-order valence-corrected chi connectivity index (χ0v) is 24.1. The summed E-state index contributed by atoms with van der Waals surface area (Å²) in [6.07, 6.45) is 7.49. The molecule has 1 amide bonds. The van der Waals surface area contributed by atoms with E-state index in [2.05, 4.69) is 26.3 Å². The highest BCUT2D eigenvalue weighted by Crippen LogP contribution is 2.61. The SMILES string of the molecule is C=C1CN2CC3(CC3)CC2(COc2nc(N3C[C@H]4CC[C@@H](C3)N4C(=O)OC(C)(C)C)c3cnc(Cl)c(F)c3n2)C1. The molecule has 7 rings (SSSR count). The lowest BCUT2D eigenvalue weighted by atomic mass is 9.88. The predicted molar refractivity (Wildman–Crippen MR) is 149 cm³/mol. The summed E-state index contributed by atoms with van der Waals surface area (Å²) in [6, 6.07) is 0.0747. The minimum Gasteiger partial charge on any atom is -0.461 e. The largest absolute Gasteiger partial charge is 0.461 e. The summed E-state index contributed by atoms with van der Waals surface area (Å²) in [5.74, 6) is -0.131. The number of hydrogen-bond acceptors (Lipinski definition) is 8. The van der Waals surface area contributed by atoms with Crippen LogP contribution in [0.1, 0.15) is 59.3 Å². The van der Waals surface area contributed by atoms with E-state index in [-0.39, 0.29) is 40.4 Å². The Kier molecular flexibility index (Phi) is 5.82. The quantitative estimate of drug-likeness (QED) is 0.376. The highest BCUT2D eigenvalue weighted by atomic mass is 35.5. The van der Waals surface area contributed by atoms with Crippen molar-refractivity contribution in [1.29, 1.82) is 0 Å². The van der Waals surface area contributed by atoms with Crippen LogP contribution in [0.3, 0.4) is 0 Å². The average Bonchev–Trinajstić information content (AvgIpc) is 3.37. The van der Waals surface area contributed by atoms with E-state index in [4.69, 9.17) is 26.1 Å². The maximum absolute atomic E-state index is 15.3. The molecule has 0 aromatic carbocycles. The molecule has 2 aromatic rings. The Labute approximate surface area is 238 Å². The molecule has 0 radical (unpaired) electrons. The first kappa shape index (κ1) is 26.2. The van der Waals surface area contributed by atoms with Gasteiger partial charge in [0.05, 0.1) is 23.0 Å². The van der Waals surface area contributed by atoms with Crippen LogP contribution in [-0.4, -0.2) is 86.9 Å². The molecule has 2 bridgehead atoms. The van der Waals surface area contributed by atoms with Gasteiger partial charge in [-0.05, 0) is 64.7 Å². The van der Waals surface area contributed by atoms with Crippen LogP contribution in [0.5, 0.6) is 6.01 Å². The highest BCUT2D eigenvalue weighted by Gasteiger charge is 2.61. The molecule has 5 fully saturated rings. The number of pyridine rings is 1. The van der Waals surface area contributed by atoms with E-state index in [0.29, 0.717) is 36.3 Å². The lowest BCUT2D eigenvalue weighted by molar-refractivity contribution is 0.0122. The third kappa shape index (κ3) is 4.38. The van der Waals surface area contributed by atoms with Gasteiger partial charge in [-0.25, -0.2) is 14.2 Å². The molecule has 4 saturated heterocycles. The van der Waals surface area contributed by atoms with Crippen molar-refractivity contribution in [2.75, 3.05) is 37.7 Å². The minimum atomic E-state index is -0.685. The van der Waals surface area contributed by atoms with Gasteiger partial charge < -0.3 is 14.4 Å². The van der Waals surface area contributed by atoms with Crippen LogP contribution in [0.15, 0.2) is 18.3 Å². The molecule has 5 aliphatic rings. The predicted octanol–water partition coefficient (Wildman–Crippen LogP) is 4.97. The van der Waals surface area contributed by atoms with E-state index in [1.54, 1.807) is 0 Å². The number of rotatable bonds is 4. The summed E-state index contributed by atoms with van der Waals surface area (Å²) in [7, 11) is 0. The molecule has 4 aliphatic heterocycles. The second-order valence-corrected chi connectivity index (χ2v) is 14.0. The monoisotopic (exact) mass is 570 g/mol. The van der Waals surface area contributed by atoms with Gasteiger partial charge in [-0.15, -0.1) is 0 Å². The molecule has 9 nitrogen and oxygen atoms in total. The van der Waals surface area contributed by atoms with Gasteiger partial charge >= 0.3 is 12.1 Å². The molecule has 11 heteroatoms.